The van der Waals surface area contributed by atoms with Gasteiger partial charge < -0.3 is 10.1 Å². The average Bonchev–Trinajstić information content (AvgIpc) is 2.90. The van der Waals surface area contributed by atoms with Gasteiger partial charge in [0, 0.05) is 5.69 Å². The second-order valence-electron chi connectivity index (χ2n) is 4.94. The zero-order valence-corrected chi connectivity index (χ0v) is 13.1. The summed E-state index contributed by atoms with van der Waals surface area (Å²) in [6, 6.07) is 6.30. The molecule has 23 heavy (non-hydrogen) atoms. The molecular weight excluding hydrogens is 300 g/mol. The zero-order valence-electron chi connectivity index (χ0n) is 13.1. The quantitative estimate of drug-likeness (QED) is 0.652. The van der Waals surface area contributed by atoms with Crippen molar-refractivity contribution < 1.29 is 14.5 Å². The number of benzene rings is 1. The summed E-state index contributed by atoms with van der Waals surface area (Å²) >= 11 is 0. The Bertz CT molecular complexity index is 709. The highest BCUT2D eigenvalue weighted by Crippen LogP contribution is 2.21. The van der Waals surface area contributed by atoms with E-state index in [1.807, 2.05) is 6.92 Å². The van der Waals surface area contributed by atoms with Crippen LogP contribution in [0.5, 0.6) is 5.75 Å². The van der Waals surface area contributed by atoms with Gasteiger partial charge in [-0.2, -0.15) is 5.10 Å². The molecule has 2 aromatic rings. The Morgan fingerprint density at radius 1 is 1.43 bits per heavy atom. The predicted octanol–water partition coefficient (Wildman–Crippen LogP) is 2.70. The van der Waals surface area contributed by atoms with E-state index in [4.69, 9.17) is 4.74 Å². The van der Waals surface area contributed by atoms with E-state index in [2.05, 4.69) is 10.4 Å². The van der Waals surface area contributed by atoms with Crippen LogP contribution in [-0.2, 0) is 4.79 Å². The Hall–Kier alpha value is -2.90. The lowest BCUT2D eigenvalue weighted by atomic mass is 10.2. The van der Waals surface area contributed by atoms with Crippen molar-refractivity contribution in [2.45, 2.75) is 26.8 Å². The number of nitro groups is 1. The molecular formula is C15H18N4O4. The fourth-order valence-corrected chi connectivity index (χ4v) is 2.14. The van der Waals surface area contributed by atoms with Gasteiger partial charge in [0.1, 0.15) is 23.7 Å². The van der Waals surface area contributed by atoms with Crippen LogP contribution in [0.3, 0.4) is 0 Å². The number of nitrogens with zero attached hydrogens (tertiary/aromatic N) is 3. The Kier molecular flexibility index (Phi) is 4.95. The van der Waals surface area contributed by atoms with Gasteiger partial charge in [-0.05, 0) is 45.0 Å². The summed E-state index contributed by atoms with van der Waals surface area (Å²) in [7, 11) is 0. The predicted molar refractivity (Wildman–Crippen MR) is 84.6 cm³/mol. The molecule has 1 aromatic heterocycles. The molecule has 1 atom stereocenters. The summed E-state index contributed by atoms with van der Waals surface area (Å²) in [5, 5.41) is 17.5. The van der Waals surface area contributed by atoms with Gasteiger partial charge in [0.15, 0.2) is 0 Å². The van der Waals surface area contributed by atoms with Crippen molar-refractivity contribution >= 4 is 17.3 Å². The molecule has 0 radical (unpaired) electrons. The SMILES string of the molecule is CCOc1ccc(NC(=O)C(C)n2ncc([N+](=O)[O-])c2C)cc1. The molecule has 2 rings (SSSR count). The molecule has 122 valence electrons. The molecule has 8 heteroatoms. The molecule has 0 aliphatic rings. The molecule has 0 aliphatic heterocycles. The van der Waals surface area contributed by atoms with Gasteiger partial charge >= 0.3 is 5.69 Å². The summed E-state index contributed by atoms with van der Waals surface area (Å²) < 4.78 is 6.67. The molecule has 0 aliphatic carbocycles. The lowest BCUT2D eigenvalue weighted by Crippen LogP contribution is -2.25. The number of hydrogen-bond donors (Lipinski definition) is 1. The largest absolute Gasteiger partial charge is 0.494 e. The lowest BCUT2D eigenvalue weighted by molar-refractivity contribution is -0.385. The third kappa shape index (κ3) is 3.65. The highest BCUT2D eigenvalue weighted by molar-refractivity contribution is 5.93. The normalized spacial score (nSPS) is 11.8. The van der Waals surface area contributed by atoms with Crippen molar-refractivity contribution in [3.63, 3.8) is 0 Å². The van der Waals surface area contributed by atoms with E-state index < -0.39 is 11.0 Å². The second kappa shape index (κ2) is 6.91. The van der Waals surface area contributed by atoms with E-state index in [0.717, 1.165) is 11.9 Å². The molecule has 8 nitrogen and oxygen atoms in total. The molecule has 1 aromatic carbocycles. The topological polar surface area (TPSA) is 99.3 Å². The summed E-state index contributed by atoms with van der Waals surface area (Å²) in [4.78, 5) is 22.6. The maximum Gasteiger partial charge on any atom is 0.309 e. The van der Waals surface area contributed by atoms with E-state index in [0.29, 0.717) is 18.0 Å². The monoisotopic (exact) mass is 318 g/mol. The fourth-order valence-electron chi connectivity index (χ4n) is 2.14. The Morgan fingerprint density at radius 2 is 2.09 bits per heavy atom. The Morgan fingerprint density at radius 3 is 2.61 bits per heavy atom. The van der Waals surface area contributed by atoms with Crippen molar-refractivity contribution in [2.75, 3.05) is 11.9 Å². The van der Waals surface area contributed by atoms with Crippen LogP contribution >= 0.6 is 0 Å². The van der Waals surface area contributed by atoms with Crippen LogP contribution in [0.25, 0.3) is 0 Å². The number of aromatic nitrogens is 2. The van der Waals surface area contributed by atoms with Crippen LogP contribution in [0.4, 0.5) is 11.4 Å². The summed E-state index contributed by atoms with van der Waals surface area (Å²) in [6.45, 7) is 5.66. The van der Waals surface area contributed by atoms with E-state index in [1.165, 1.54) is 4.68 Å². The number of ether oxygens (including phenoxy) is 1. The van der Waals surface area contributed by atoms with Gasteiger partial charge in [-0.15, -0.1) is 0 Å². The van der Waals surface area contributed by atoms with E-state index in [-0.39, 0.29) is 11.6 Å². The van der Waals surface area contributed by atoms with Crippen LogP contribution in [0.1, 0.15) is 25.6 Å². The minimum Gasteiger partial charge on any atom is -0.494 e. The summed E-state index contributed by atoms with van der Waals surface area (Å²) in [5.41, 5.74) is 0.847. The smallest absolute Gasteiger partial charge is 0.309 e. The van der Waals surface area contributed by atoms with Crippen LogP contribution in [0.2, 0.25) is 0 Å². The maximum absolute atomic E-state index is 12.3. The third-order valence-electron chi connectivity index (χ3n) is 3.39. The lowest BCUT2D eigenvalue weighted by Gasteiger charge is -2.14. The zero-order chi connectivity index (χ0) is 17.0. The van der Waals surface area contributed by atoms with Crippen molar-refractivity contribution in [1.82, 2.24) is 9.78 Å². The highest BCUT2D eigenvalue weighted by Gasteiger charge is 2.23. The van der Waals surface area contributed by atoms with Crippen molar-refractivity contribution in [3.8, 4) is 5.75 Å². The average molecular weight is 318 g/mol. The van der Waals surface area contributed by atoms with Gasteiger partial charge in [-0.25, -0.2) is 0 Å². The molecule has 1 heterocycles. The minimum absolute atomic E-state index is 0.106. The number of hydrogen-bond acceptors (Lipinski definition) is 5. The number of rotatable bonds is 6. The number of amides is 1. The fraction of sp³-hybridized carbons (Fsp3) is 0.333. The first-order chi connectivity index (χ1) is 10.9. The molecule has 1 N–H and O–H groups in total. The van der Waals surface area contributed by atoms with Crippen LogP contribution in [-0.4, -0.2) is 27.2 Å². The van der Waals surface area contributed by atoms with Crippen molar-refractivity contribution in [1.29, 1.82) is 0 Å². The first-order valence-electron chi connectivity index (χ1n) is 7.16. The molecule has 0 saturated carbocycles. The molecule has 0 bridgehead atoms. The highest BCUT2D eigenvalue weighted by atomic mass is 16.6. The Labute approximate surface area is 133 Å². The van der Waals surface area contributed by atoms with Crippen LogP contribution in [0, 0.1) is 17.0 Å². The number of nitrogens with one attached hydrogen (secondary N) is 1. The molecule has 0 saturated heterocycles. The van der Waals surface area contributed by atoms with Crippen molar-refractivity contribution in [3.05, 3.63) is 46.3 Å². The van der Waals surface area contributed by atoms with Gasteiger partial charge in [0.25, 0.3) is 0 Å². The van der Waals surface area contributed by atoms with Crippen LogP contribution in [0.15, 0.2) is 30.5 Å². The summed E-state index contributed by atoms with van der Waals surface area (Å²) in [6.07, 6.45) is 1.15. The number of carbonyl (C=O) groups excluding carboxylic acids is 1. The molecule has 1 amide bonds. The van der Waals surface area contributed by atoms with Gasteiger partial charge in [0.2, 0.25) is 5.91 Å². The van der Waals surface area contributed by atoms with E-state index in [1.54, 1.807) is 38.1 Å². The van der Waals surface area contributed by atoms with Gasteiger partial charge in [-0.3, -0.25) is 19.6 Å². The van der Waals surface area contributed by atoms with Crippen molar-refractivity contribution in [2.24, 2.45) is 0 Å². The molecule has 1 unspecified atom stereocenters. The van der Waals surface area contributed by atoms with Crippen LogP contribution < -0.4 is 10.1 Å². The van der Waals surface area contributed by atoms with E-state index in [9.17, 15) is 14.9 Å². The summed E-state index contributed by atoms with van der Waals surface area (Å²) in [5.74, 6) is 0.410. The molecule has 0 spiro atoms. The second-order valence-corrected chi connectivity index (χ2v) is 4.94. The molecule has 0 fully saturated rings. The van der Waals surface area contributed by atoms with E-state index >= 15 is 0 Å². The number of anilines is 1. The first kappa shape index (κ1) is 16.5. The standard InChI is InChI=1S/C15H18N4O4/c1-4-23-13-7-5-12(6-8-13)17-15(20)11(3)18-10(2)14(9-16-18)19(21)22/h5-9,11H,4H2,1-3H3,(H,17,20). The van der Waals surface area contributed by atoms with Gasteiger partial charge in [0.05, 0.1) is 11.5 Å². The van der Waals surface area contributed by atoms with Gasteiger partial charge in [-0.1, -0.05) is 0 Å². The minimum atomic E-state index is -0.671. The Balaban J connectivity index is 2.09. The maximum atomic E-state index is 12.3. The first-order valence-corrected chi connectivity index (χ1v) is 7.16. The number of carbonyl (C=O) groups is 1. The third-order valence-corrected chi connectivity index (χ3v) is 3.39.